The van der Waals surface area contributed by atoms with Crippen LogP contribution in [0, 0.1) is 11.6 Å². The van der Waals surface area contributed by atoms with Gasteiger partial charge in [-0.1, -0.05) is 30.3 Å². The van der Waals surface area contributed by atoms with Crippen molar-refractivity contribution in [3.63, 3.8) is 0 Å². The first-order chi connectivity index (χ1) is 11.6. The zero-order valence-electron chi connectivity index (χ0n) is 13.0. The van der Waals surface area contributed by atoms with E-state index in [1.165, 1.54) is 4.90 Å². The average molecular weight is 349 g/mol. The third kappa shape index (κ3) is 3.87. The van der Waals surface area contributed by atoms with Gasteiger partial charge in [-0.25, -0.2) is 8.78 Å². The molecule has 1 amide bonds. The molecule has 1 fully saturated rings. The molecular formula is C18H17F2NO2S. The van der Waals surface area contributed by atoms with E-state index in [1.807, 2.05) is 30.3 Å². The molecule has 3 rings (SSSR count). The molecule has 6 heteroatoms. The summed E-state index contributed by atoms with van der Waals surface area (Å²) in [7, 11) is 0. The van der Waals surface area contributed by atoms with Gasteiger partial charge in [0.05, 0.1) is 0 Å². The molecule has 1 heterocycles. The van der Waals surface area contributed by atoms with Gasteiger partial charge in [0.1, 0.15) is 29.6 Å². The maximum Gasteiger partial charge on any atom is 0.259 e. The molecule has 0 saturated carbocycles. The molecule has 0 N–H and O–H groups in total. The van der Waals surface area contributed by atoms with E-state index in [0.717, 1.165) is 29.2 Å². The van der Waals surface area contributed by atoms with E-state index >= 15 is 0 Å². The lowest BCUT2D eigenvalue weighted by molar-refractivity contribution is 0.0762. The first-order valence-corrected chi connectivity index (χ1v) is 8.83. The number of halogens is 2. The second-order valence-electron chi connectivity index (χ2n) is 5.44. The van der Waals surface area contributed by atoms with E-state index < -0.39 is 23.1 Å². The highest BCUT2D eigenvalue weighted by molar-refractivity contribution is 7.99. The Hall–Kier alpha value is -2.08. The van der Waals surface area contributed by atoms with Crippen LogP contribution in [0.3, 0.4) is 0 Å². The Bertz CT molecular complexity index is 695. The van der Waals surface area contributed by atoms with Crippen molar-refractivity contribution < 1.29 is 18.3 Å². The third-order valence-electron chi connectivity index (χ3n) is 3.78. The van der Waals surface area contributed by atoms with Gasteiger partial charge in [0, 0.05) is 36.7 Å². The van der Waals surface area contributed by atoms with Crippen LogP contribution in [0.1, 0.15) is 15.9 Å². The number of hydrogen-bond donors (Lipinski definition) is 0. The van der Waals surface area contributed by atoms with Gasteiger partial charge in [0.15, 0.2) is 0 Å². The normalized spacial score (nSPS) is 14.5. The number of carbonyl (C=O) groups excluding carboxylic acids is 1. The lowest BCUT2D eigenvalue weighted by atomic mass is 10.1. The SMILES string of the molecule is O=C(c1c(F)cc(OCc2ccccc2)cc1F)N1CCSCC1. The summed E-state index contributed by atoms with van der Waals surface area (Å²) in [5.74, 6) is -0.734. The number of carbonyl (C=O) groups is 1. The van der Waals surface area contributed by atoms with Gasteiger partial charge in [0.2, 0.25) is 0 Å². The van der Waals surface area contributed by atoms with Gasteiger partial charge < -0.3 is 9.64 Å². The standard InChI is InChI=1S/C18H17F2NO2S/c19-15-10-14(23-12-13-4-2-1-3-5-13)11-16(20)17(15)18(22)21-6-8-24-9-7-21/h1-5,10-11H,6-9,12H2. The number of thioether (sulfide) groups is 1. The predicted molar refractivity (Wildman–Crippen MR) is 90.4 cm³/mol. The molecule has 0 aliphatic carbocycles. The lowest BCUT2D eigenvalue weighted by Crippen LogP contribution is -2.38. The topological polar surface area (TPSA) is 29.5 Å². The van der Waals surface area contributed by atoms with E-state index in [9.17, 15) is 13.6 Å². The van der Waals surface area contributed by atoms with Gasteiger partial charge in [-0.3, -0.25) is 4.79 Å². The third-order valence-corrected chi connectivity index (χ3v) is 4.72. The Balaban J connectivity index is 1.74. The molecule has 0 bridgehead atoms. The van der Waals surface area contributed by atoms with E-state index in [2.05, 4.69) is 0 Å². The Morgan fingerprint density at radius 2 is 1.71 bits per heavy atom. The van der Waals surface area contributed by atoms with Gasteiger partial charge in [-0.05, 0) is 5.56 Å². The van der Waals surface area contributed by atoms with Crippen molar-refractivity contribution in [3.05, 3.63) is 65.2 Å². The molecule has 0 radical (unpaired) electrons. The van der Waals surface area contributed by atoms with Crippen molar-refractivity contribution in [1.29, 1.82) is 0 Å². The van der Waals surface area contributed by atoms with Gasteiger partial charge in [-0.2, -0.15) is 11.8 Å². The molecule has 3 nitrogen and oxygen atoms in total. The minimum Gasteiger partial charge on any atom is -0.489 e. The highest BCUT2D eigenvalue weighted by atomic mass is 32.2. The molecule has 0 aromatic heterocycles. The summed E-state index contributed by atoms with van der Waals surface area (Å²) < 4.78 is 34.0. The fourth-order valence-corrected chi connectivity index (χ4v) is 3.41. The summed E-state index contributed by atoms with van der Waals surface area (Å²) >= 11 is 1.73. The summed E-state index contributed by atoms with van der Waals surface area (Å²) in [5.41, 5.74) is 0.387. The van der Waals surface area contributed by atoms with Crippen LogP contribution in [0.5, 0.6) is 5.75 Å². The van der Waals surface area contributed by atoms with Crippen LogP contribution in [0.4, 0.5) is 8.78 Å². The molecule has 24 heavy (non-hydrogen) atoms. The second kappa shape index (κ2) is 7.66. The van der Waals surface area contributed by atoms with Crippen LogP contribution in [-0.2, 0) is 6.61 Å². The van der Waals surface area contributed by atoms with Crippen molar-refractivity contribution in [2.45, 2.75) is 6.61 Å². The molecule has 1 saturated heterocycles. The van der Waals surface area contributed by atoms with Crippen molar-refractivity contribution in [2.24, 2.45) is 0 Å². The quantitative estimate of drug-likeness (QED) is 0.842. The van der Waals surface area contributed by atoms with Crippen LogP contribution in [-0.4, -0.2) is 35.4 Å². The van der Waals surface area contributed by atoms with Crippen LogP contribution in [0.25, 0.3) is 0 Å². The predicted octanol–water partition coefficient (Wildman–Crippen LogP) is 3.73. The van der Waals surface area contributed by atoms with Gasteiger partial charge in [0.25, 0.3) is 5.91 Å². The van der Waals surface area contributed by atoms with Crippen molar-refractivity contribution in [3.8, 4) is 5.75 Å². The summed E-state index contributed by atoms with van der Waals surface area (Å²) in [6.07, 6.45) is 0. The Morgan fingerprint density at radius 3 is 2.33 bits per heavy atom. The molecular weight excluding hydrogens is 332 g/mol. The number of benzene rings is 2. The van der Waals surface area contributed by atoms with Crippen molar-refractivity contribution >= 4 is 17.7 Å². The van der Waals surface area contributed by atoms with Crippen molar-refractivity contribution in [1.82, 2.24) is 4.90 Å². The molecule has 2 aromatic rings. The maximum absolute atomic E-state index is 14.3. The van der Waals surface area contributed by atoms with E-state index in [0.29, 0.717) is 13.1 Å². The van der Waals surface area contributed by atoms with Crippen LogP contribution < -0.4 is 4.74 Å². The Kier molecular flexibility index (Phi) is 5.35. The van der Waals surface area contributed by atoms with Crippen LogP contribution in [0.2, 0.25) is 0 Å². The first-order valence-electron chi connectivity index (χ1n) is 7.68. The Morgan fingerprint density at radius 1 is 1.08 bits per heavy atom. The molecule has 0 unspecified atom stereocenters. The molecule has 0 spiro atoms. The summed E-state index contributed by atoms with van der Waals surface area (Å²) in [6, 6.07) is 11.5. The molecule has 2 aromatic carbocycles. The lowest BCUT2D eigenvalue weighted by Gasteiger charge is -2.26. The monoisotopic (exact) mass is 349 g/mol. The number of nitrogens with zero attached hydrogens (tertiary/aromatic N) is 1. The highest BCUT2D eigenvalue weighted by Crippen LogP contribution is 2.24. The average Bonchev–Trinajstić information content (AvgIpc) is 2.61. The maximum atomic E-state index is 14.3. The number of ether oxygens (including phenoxy) is 1. The zero-order valence-corrected chi connectivity index (χ0v) is 13.8. The zero-order chi connectivity index (χ0) is 16.9. The summed E-state index contributed by atoms with van der Waals surface area (Å²) in [6.45, 7) is 1.22. The number of hydrogen-bond acceptors (Lipinski definition) is 3. The minimum atomic E-state index is -0.888. The van der Waals surface area contributed by atoms with Crippen LogP contribution >= 0.6 is 11.8 Å². The second-order valence-corrected chi connectivity index (χ2v) is 6.67. The summed E-state index contributed by atoms with van der Waals surface area (Å²) in [4.78, 5) is 13.8. The largest absolute Gasteiger partial charge is 0.489 e. The molecule has 0 atom stereocenters. The van der Waals surface area contributed by atoms with Gasteiger partial charge in [-0.15, -0.1) is 0 Å². The number of amides is 1. The Labute approximate surface area is 143 Å². The summed E-state index contributed by atoms with van der Waals surface area (Å²) in [5, 5.41) is 0. The van der Waals surface area contributed by atoms with Crippen molar-refractivity contribution in [2.75, 3.05) is 24.6 Å². The van der Waals surface area contributed by atoms with E-state index in [1.54, 1.807) is 11.8 Å². The van der Waals surface area contributed by atoms with Gasteiger partial charge >= 0.3 is 0 Å². The fraction of sp³-hybridized carbons (Fsp3) is 0.278. The minimum absolute atomic E-state index is 0.0691. The van der Waals surface area contributed by atoms with E-state index in [-0.39, 0.29) is 12.4 Å². The molecule has 1 aliphatic heterocycles. The highest BCUT2D eigenvalue weighted by Gasteiger charge is 2.25. The molecule has 126 valence electrons. The van der Waals surface area contributed by atoms with E-state index in [4.69, 9.17) is 4.74 Å². The fourth-order valence-electron chi connectivity index (χ4n) is 2.50. The number of rotatable bonds is 4. The molecule has 1 aliphatic rings. The first kappa shape index (κ1) is 16.8. The van der Waals surface area contributed by atoms with Crippen LogP contribution in [0.15, 0.2) is 42.5 Å². The smallest absolute Gasteiger partial charge is 0.259 e.